The number of carbonyl (C=O) groups excluding carboxylic acids is 2. The van der Waals surface area contributed by atoms with E-state index in [9.17, 15) is 9.59 Å². The fourth-order valence-corrected chi connectivity index (χ4v) is 3.80. The predicted octanol–water partition coefficient (Wildman–Crippen LogP) is 4.66. The van der Waals surface area contributed by atoms with Crippen LogP contribution in [0, 0.1) is 0 Å². The van der Waals surface area contributed by atoms with Crippen molar-refractivity contribution >= 4 is 41.2 Å². The summed E-state index contributed by atoms with van der Waals surface area (Å²) < 4.78 is 16.2. The van der Waals surface area contributed by atoms with Crippen LogP contribution in [0.15, 0.2) is 71.8 Å². The summed E-state index contributed by atoms with van der Waals surface area (Å²) in [4.78, 5) is 26.0. The fraction of sp³-hybridized carbons (Fsp3) is 0.222. The summed E-state index contributed by atoms with van der Waals surface area (Å²) in [6.07, 6.45) is 0.744. The summed E-state index contributed by atoms with van der Waals surface area (Å²) in [5.41, 5.74) is 3.95. The molecule has 0 radical (unpaired) electrons. The molecule has 3 aromatic rings. The summed E-state index contributed by atoms with van der Waals surface area (Å²) in [7, 11) is 3.08. The molecule has 37 heavy (non-hydrogen) atoms. The smallest absolute Gasteiger partial charge is 0.262 e. The molecule has 2 N–H and O–H groups in total. The summed E-state index contributed by atoms with van der Waals surface area (Å²) in [6, 6.07) is 18.3. The molecule has 0 fully saturated rings. The molecule has 0 heterocycles. The molecular weight excluding hydrogens is 517 g/mol. The molecule has 194 valence electrons. The lowest BCUT2D eigenvalue weighted by molar-refractivity contribution is -0.132. The van der Waals surface area contributed by atoms with Crippen LogP contribution in [-0.4, -0.2) is 44.4 Å². The number of carbonyl (C=O) groups is 2. The van der Waals surface area contributed by atoms with E-state index in [1.54, 1.807) is 44.4 Å². The molecule has 2 amide bonds. The molecule has 2 atom stereocenters. The molecule has 3 aromatic carbocycles. The van der Waals surface area contributed by atoms with E-state index in [0.29, 0.717) is 27.8 Å². The highest BCUT2D eigenvalue weighted by Crippen LogP contribution is 2.28. The van der Waals surface area contributed by atoms with Crippen molar-refractivity contribution in [3.8, 4) is 17.2 Å². The molecule has 0 saturated carbocycles. The molecule has 0 aliphatic carbocycles. The average molecular weight is 544 g/mol. The highest BCUT2D eigenvalue weighted by molar-refractivity contribution is 6.35. The van der Waals surface area contributed by atoms with E-state index in [4.69, 9.17) is 37.4 Å². The van der Waals surface area contributed by atoms with Crippen LogP contribution in [0.1, 0.15) is 18.1 Å². The van der Waals surface area contributed by atoms with Crippen LogP contribution in [0.25, 0.3) is 0 Å². The van der Waals surface area contributed by atoms with Gasteiger partial charge in [0, 0.05) is 17.0 Å². The van der Waals surface area contributed by atoms with E-state index in [1.807, 2.05) is 30.3 Å². The van der Waals surface area contributed by atoms with Crippen molar-refractivity contribution in [3.05, 3.63) is 87.9 Å². The molecule has 3 rings (SSSR count). The number of methoxy groups -OCH3 is 2. The minimum Gasteiger partial charge on any atom is -0.497 e. The number of ether oxygens (including phenoxy) is 3. The van der Waals surface area contributed by atoms with Crippen molar-refractivity contribution < 1.29 is 23.8 Å². The van der Waals surface area contributed by atoms with Crippen molar-refractivity contribution in [3.63, 3.8) is 0 Å². The molecule has 0 spiro atoms. The number of benzene rings is 3. The predicted molar refractivity (Wildman–Crippen MR) is 144 cm³/mol. The maximum absolute atomic E-state index is 13.1. The number of hydrogen-bond acceptors (Lipinski definition) is 6. The number of nitrogens with one attached hydrogen (secondary N) is 2. The molecule has 0 aliphatic heterocycles. The van der Waals surface area contributed by atoms with Gasteiger partial charge in [0.15, 0.2) is 6.10 Å². The first-order valence-corrected chi connectivity index (χ1v) is 12.1. The van der Waals surface area contributed by atoms with Crippen LogP contribution in [0.3, 0.4) is 0 Å². The molecule has 0 aromatic heterocycles. The third kappa shape index (κ3) is 8.13. The number of nitrogens with zero attached hydrogens (tertiary/aromatic N) is 1. The molecule has 0 unspecified atom stereocenters. The Morgan fingerprint density at radius 2 is 1.68 bits per heavy atom. The summed E-state index contributed by atoms with van der Waals surface area (Å²) in [6.45, 7) is 1.56. The topological polar surface area (TPSA) is 98.3 Å². The van der Waals surface area contributed by atoms with Gasteiger partial charge < -0.3 is 19.5 Å². The van der Waals surface area contributed by atoms with Gasteiger partial charge in [-0.2, -0.15) is 5.10 Å². The second kappa shape index (κ2) is 13.5. The summed E-state index contributed by atoms with van der Waals surface area (Å²) in [5.74, 6) is 0.458. The van der Waals surface area contributed by atoms with Crippen LogP contribution < -0.4 is 25.0 Å². The largest absolute Gasteiger partial charge is 0.497 e. The van der Waals surface area contributed by atoms with Crippen molar-refractivity contribution in [1.29, 1.82) is 0 Å². The maximum atomic E-state index is 13.1. The number of hydrogen-bond donors (Lipinski definition) is 2. The molecule has 10 heteroatoms. The third-order valence-electron chi connectivity index (χ3n) is 5.30. The van der Waals surface area contributed by atoms with E-state index >= 15 is 0 Å². The minimum absolute atomic E-state index is 0.241. The quantitative estimate of drug-likeness (QED) is 0.271. The van der Waals surface area contributed by atoms with E-state index in [1.165, 1.54) is 19.4 Å². The van der Waals surface area contributed by atoms with Crippen LogP contribution in [-0.2, 0) is 16.0 Å². The van der Waals surface area contributed by atoms with Gasteiger partial charge in [-0.25, -0.2) is 5.43 Å². The van der Waals surface area contributed by atoms with Crippen molar-refractivity contribution in [1.82, 2.24) is 10.7 Å². The summed E-state index contributed by atoms with van der Waals surface area (Å²) in [5, 5.41) is 7.51. The van der Waals surface area contributed by atoms with E-state index < -0.39 is 24.0 Å². The van der Waals surface area contributed by atoms with Gasteiger partial charge in [-0.3, -0.25) is 9.59 Å². The number of hydrazone groups is 1. The van der Waals surface area contributed by atoms with E-state index in [-0.39, 0.29) is 11.4 Å². The van der Waals surface area contributed by atoms with Gasteiger partial charge in [-0.1, -0.05) is 53.5 Å². The molecule has 0 bridgehead atoms. The second-order valence-electron chi connectivity index (χ2n) is 7.93. The zero-order valence-corrected chi connectivity index (χ0v) is 22.0. The van der Waals surface area contributed by atoms with Crippen LogP contribution in [0.5, 0.6) is 17.2 Å². The van der Waals surface area contributed by atoms with Crippen LogP contribution >= 0.6 is 23.2 Å². The minimum atomic E-state index is -0.936. The van der Waals surface area contributed by atoms with Crippen molar-refractivity contribution in [2.24, 2.45) is 5.10 Å². The third-order valence-corrected chi connectivity index (χ3v) is 5.83. The first-order valence-electron chi connectivity index (χ1n) is 11.3. The molecule has 0 aliphatic rings. The van der Waals surface area contributed by atoms with Crippen molar-refractivity contribution in [2.45, 2.75) is 25.5 Å². The Morgan fingerprint density at radius 3 is 2.35 bits per heavy atom. The maximum Gasteiger partial charge on any atom is 0.262 e. The normalized spacial score (nSPS) is 12.5. The number of amides is 2. The zero-order chi connectivity index (χ0) is 26.8. The average Bonchev–Trinajstić information content (AvgIpc) is 2.90. The molecule has 0 saturated heterocycles. The molecule has 8 nitrogen and oxygen atoms in total. The van der Waals surface area contributed by atoms with Crippen molar-refractivity contribution in [2.75, 3.05) is 14.2 Å². The highest BCUT2D eigenvalue weighted by Gasteiger charge is 2.25. The Morgan fingerprint density at radius 1 is 0.946 bits per heavy atom. The standard InChI is InChI=1S/C27H27Cl2N3O5/c1-17(37-25-11-9-20(28)15-22(25)29)26(33)31-23(13-18-7-5-4-6-8-18)27(34)32-30-16-19-14-21(35-2)10-12-24(19)36-3/h4-12,14-17,23H,13H2,1-3H3,(H,31,33)(H,32,34)/b30-16-/t17-,23+/m0/s1. The van der Waals surface area contributed by atoms with Gasteiger partial charge >= 0.3 is 0 Å². The van der Waals surface area contributed by atoms with Gasteiger partial charge in [0.05, 0.1) is 25.5 Å². The summed E-state index contributed by atoms with van der Waals surface area (Å²) >= 11 is 12.1. The Bertz CT molecular complexity index is 1250. The molecular formula is C27H27Cl2N3O5. The monoisotopic (exact) mass is 543 g/mol. The highest BCUT2D eigenvalue weighted by atomic mass is 35.5. The van der Waals surface area contributed by atoms with Gasteiger partial charge in [0.2, 0.25) is 0 Å². The number of halogens is 2. The second-order valence-corrected chi connectivity index (χ2v) is 8.77. The lowest BCUT2D eigenvalue weighted by atomic mass is 10.1. The van der Waals surface area contributed by atoms with E-state index in [0.717, 1.165) is 5.56 Å². The van der Waals surface area contributed by atoms with Gasteiger partial charge in [0.1, 0.15) is 23.3 Å². The van der Waals surface area contributed by atoms with Gasteiger partial charge in [0.25, 0.3) is 11.8 Å². The fourth-order valence-electron chi connectivity index (χ4n) is 3.35. The zero-order valence-electron chi connectivity index (χ0n) is 20.5. The lowest BCUT2D eigenvalue weighted by Crippen LogP contribution is -2.50. The Hall–Kier alpha value is -3.75. The Labute approximate surface area is 225 Å². The Kier molecular flexibility index (Phi) is 10.2. The SMILES string of the molecule is COc1ccc(OC)c(/C=N\NC(=O)[C@@H](Cc2ccccc2)NC(=O)[C@H](C)Oc2ccc(Cl)cc2Cl)c1. The van der Waals surface area contributed by atoms with E-state index in [2.05, 4.69) is 15.8 Å². The van der Waals surface area contributed by atoms with Gasteiger partial charge in [-0.15, -0.1) is 0 Å². The van der Waals surface area contributed by atoms with Crippen LogP contribution in [0.2, 0.25) is 10.0 Å². The Balaban J connectivity index is 1.72. The number of rotatable bonds is 11. The first-order chi connectivity index (χ1) is 17.8. The van der Waals surface area contributed by atoms with Gasteiger partial charge in [-0.05, 0) is 48.9 Å². The van der Waals surface area contributed by atoms with Crippen LogP contribution in [0.4, 0.5) is 0 Å². The lowest BCUT2D eigenvalue weighted by Gasteiger charge is -2.21. The first kappa shape index (κ1) is 27.8.